The highest BCUT2D eigenvalue weighted by atomic mass is 79.9. The van der Waals surface area contributed by atoms with Crippen LogP contribution in [-0.4, -0.2) is 42.5 Å². The molecule has 5 nitrogen and oxygen atoms in total. The van der Waals surface area contributed by atoms with Crippen molar-refractivity contribution in [2.75, 3.05) is 19.7 Å². The number of hydrogen-bond acceptors (Lipinski definition) is 3. The Morgan fingerprint density at radius 3 is 2.33 bits per heavy atom. The summed E-state index contributed by atoms with van der Waals surface area (Å²) in [4.78, 5) is 27.5. The first-order valence-corrected chi connectivity index (χ1v) is 11.2. The highest BCUT2D eigenvalue weighted by Gasteiger charge is 2.28. The zero-order chi connectivity index (χ0) is 21.9. The molecule has 6 heteroatoms. The number of amides is 2. The van der Waals surface area contributed by atoms with E-state index in [-0.39, 0.29) is 18.4 Å². The van der Waals surface area contributed by atoms with E-state index in [4.69, 9.17) is 4.74 Å². The lowest BCUT2D eigenvalue weighted by Crippen LogP contribution is -2.51. The standard InChI is InChI=1S/C24H31BrN2O3/c1-4-22(24(29)26-16-18(2)3)27(15-14-19-8-6-5-7-9-19)23(28)17-30-21-12-10-20(25)11-13-21/h5-13,18,22H,4,14-17H2,1-3H3,(H,26,29). The van der Waals surface area contributed by atoms with E-state index >= 15 is 0 Å². The first-order valence-electron chi connectivity index (χ1n) is 10.4. The fourth-order valence-electron chi connectivity index (χ4n) is 3.08. The highest BCUT2D eigenvalue weighted by Crippen LogP contribution is 2.17. The molecule has 2 aromatic carbocycles. The molecule has 0 aliphatic rings. The molecular formula is C24H31BrN2O3. The Morgan fingerprint density at radius 1 is 1.07 bits per heavy atom. The second kappa shape index (κ2) is 12.4. The molecule has 0 bridgehead atoms. The molecule has 0 heterocycles. The van der Waals surface area contributed by atoms with E-state index < -0.39 is 6.04 Å². The summed E-state index contributed by atoms with van der Waals surface area (Å²) >= 11 is 3.39. The van der Waals surface area contributed by atoms with Crippen LogP contribution in [0.2, 0.25) is 0 Å². The van der Waals surface area contributed by atoms with Gasteiger partial charge < -0.3 is 15.0 Å². The van der Waals surface area contributed by atoms with Gasteiger partial charge in [-0.1, -0.05) is 67.0 Å². The van der Waals surface area contributed by atoms with Crippen LogP contribution in [0.5, 0.6) is 5.75 Å². The number of halogens is 1. The highest BCUT2D eigenvalue weighted by molar-refractivity contribution is 9.10. The van der Waals surface area contributed by atoms with Crippen molar-refractivity contribution in [1.29, 1.82) is 0 Å². The number of rotatable bonds is 11. The summed E-state index contributed by atoms with van der Waals surface area (Å²) in [5.74, 6) is 0.657. The number of carbonyl (C=O) groups is 2. The first-order chi connectivity index (χ1) is 14.4. The van der Waals surface area contributed by atoms with Crippen LogP contribution < -0.4 is 10.1 Å². The fourth-order valence-corrected chi connectivity index (χ4v) is 3.34. The van der Waals surface area contributed by atoms with Crippen LogP contribution in [0.1, 0.15) is 32.8 Å². The SMILES string of the molecule is CCC(C(=O)NCC(C)C)N(CCc1ccccc1)C(=O)COc1ccc(Br)cc1. The van der Waals surface area contributed by atoms with Gasteiger partial charge in [0, 0.05) is 17.6 Å². The smallest absolute Gasteiger partial charge is 0.261 e. The summed E-state index contributed by atoms with van der Waals surface area (Å²) in [5.41, 5.74) is 1.13. The molecule has 30 heavy (non-hydrogen) atoms. The predicted molar refractivity (Wildman–Crippen MR) is 123 cm³/mol. The van der Waals surface area contributed by atoms with Crippen LogP contribution in [-0.2, 0) is 16.0 Å². The van der Waals surface area contributed by atoms with Gasteiger partial charge in [0.2, 0.25) is 5.91 Å². The zero-order valence-electron chi connectivity index (χ0n) is 17.9. The average molecular weight is 475 g/mol. The maximum Gasteiger partial charge on any atom is 0.261 e. The van der Waals surface area contributed by atoms with Gasteiger partial charge in [0.05, 0.1) is 0 Å². The number of nitrogens with one attached hydrogen (secondary N) is 1. The molecule has 0 fully saturated rings. The molecular weight excluding hydrogens is 444 g/mol. The largest absolute Gasteiger partial charge is 0.484 e. The van der Waals surface area contributed by atoms with E-state index in [0.29, 0.717) is 37.6 Å². The first kappa shape index (κ1) is 23.9. The van der Waals surface area contributed by atoms with Crippen molar-refractivity contribution in [2.45, 2.75) is 39.7 Å². The number of ether oxygens (including phenoxy) is 1. The summed E-state index contributed by atoms with van der Waals surface area (Å²) in [6.45, 7) is 6.96. The van der Waals surface area contributed by atoms with E-state index in [1.165, 1.54) is 0 Å². The van der Waals surface area contributed by atoms with Crippen LogP contribution in [0.25, 0.3) is 0 Å². The third-order valence-corrected chi connectivity index (χ3v) is 5.26. The molecule has 0 saturated heterocycles. The molecule has 0 aromatic heterocycles. The monoisotopic (exact) mass is 474 g/mol. The number of nitrogens with zero attached hydrogens (tertiary/aromatic N) is 1. The summed E-state index contributed by atoms with van der Waals surface area (Å²) in [7, 11) is 0. The molecule has 0 aliphatic carbocycles. The third-order valence-electron chi connectivity index (χ3n) is 4.73. The Morgan fingerprint density at radius 2 is 1.73 bits per heavy atom. The van der Waals surface area contributed by atoms with Crippen molar-refractivity contribution in [3.05, 3.63) is 64.6 Å². The van der Waals surface area contributed by atoms with Gasteiger partial charge in [-0.3, -0.25) is 9.59 Å². The Labute approximate surface area is 187 Å². The maximum atomic E-state index is 13.1. The van der Waals surface area contributed by atoms with Crippen LogP contribution in [0.3, 0.4) is 0 Å². The maximum absolute atomic E-state index is 13.1. The van der Waals surface area contributed by atoms with Gasteiger partial charge in [-0.05, 0) is 48.6 Å². The minimum atomic E-state index is -0.520. The molecule has 2 aromatic rings. The number of benzene rings is 2. The Hall–Kier alpha value is -2.34. The summed E-state index contributed by atoms with van der Waals surface area (Å²) in [6.07, 6.45) is 1.22. The predicted octanol–water partition coefficient (Wildman–Crippen LogP) is 4.45. The minimum absolute atomic E-state index is 0.107. The van der Waals surface area contributed by atoms with Gasteiger partial charge in [0.25, 0.3) is 5.91 Å². The van der Waals surface area contributed by atoms with E-state index in [2.05, 4.69) is 21.2 Å². The van der Waals surface area contributed by atoms with E-state index in [9.17, 15) is 9.59 Å². The van der Waals surface area contributed by atoms with Crippen molar-refractivity contribution in [1.82, 2.24) is 10.2 Å². The van der Waals surface area contributed by atoms with E-state index in [1.54, 1.807) is 17.0 Å². The molecule has 2 amide bonds. The molecule has 1 unspecified atom stereocenters. The van der Waals surface area contributed by atoms with Crippen LogP contribution in [0, 0.1) is 5.92 Å². The lowest BCUT2D eigenvalue weighted by molar-refractivity contribution is -0.142. The van der Waals surface area contributed by atoms with Crippen molar-refractivity contribution in [3.8, 4) is 5.75 Å². The summed E-state index contributed by atoms with van der Waals surface area (Å²) in [6, 6.07) is 16.8. The van der Waals surface area contributed by atoms with Crippen LogP contribution in [0.15, 0.2) is 59.1 Å². The van der Waals surface area contributed by atoms with Gasteiger partial charge in [-0.2, -0.15) is 0 Å². The average Bonchev–Trinajstić information content (AvgIpc) is 2.75. The Bertz CT molecular complexity index is 794. The molecule has 0 saturated carbocycles. The molecule has 0 spiro atoms. The molecule has 0 aliphatic heterocycles. The minimum Gasteiger partial charge on any atom is -0.484 e. The third kappa shape index (κ3) is 7.82. The lowest BCUT2D eigenvalue weighted by Gasteiger charge is -2.30. The zero-order valence-corrected chi connectivity index (χ0v) is 19.5. The van der Waals surface area contributed by atoms with Gasteiger partial charge in [-0.25, -0.2) is 0 Å². The van der Waals surface area contributed by atoms with Crippen LogP contribution in [0.4, 0.5) is 0 Å². The number of carbonyl (C=O) groups excluding carboxylic acids is 2. The van der Waals surface area contributed by atoms with E-state index in [0.717, 1.165) is 10.0 Å². The Balaban J connectivity index is 2.09. The fraction of sp³-hybridized carbons (Fsp3) is 0.417. The quantitative estimate of drug-likeness (QED) is 0.523. The van der Waals surface area contributed by atoms with Crippen LogP contribution >= 0.6 is 15.9 Å². The van der Waals surface area contributed by atoms with Gasteiger partial charge in [-0.15, -0.1) is 0 Å². The van der Waals surface area contributed by atoms with E-state index in [1.807, 2.05) is 63.2 Å². The number of hydrogen-bond donors (Lipinski definition) is 1. The van der Waals surface area contributed by atoms with Crippen molar-refractivity contribution in [3.63, 3.8) is 0 Å². The summed E-state index contributed by atoms with van der Waals surface area (Å²) in [5, 5.41) is 2.97. The van der Waals surface area contributed by atoms with Gasteiger partial charge in [0.1, 0.15) is 11.8 Å². The van der Waals surface area contributed by atoms with Crippen molar-refractivity contribution >= 4 is 27.7 Å². The lowest BCUT2D eigenvalue weighted by atomic mass is 10.1. The summed E-state index contributed by atoms with van der Waals surface area (Å²) < 4.78 is 6.63. The molecule has 1 atom stereocenters. The molecule has 162 valence electrons. The molecule has 1 N–H and O–H groups in total. The topological polar surface area (TPSA) is 58.6 Å². The Kier molecular flexibility index (Phi) is 9.87. The molecule has 2 rings (SSSR count). The second-order valence-corrected chi connectivity index (χ2v) is 8.54. The molecule has 0 radical (unpaired) electrons. The van der Waals surface area contributed by atoms with Gasteiger partial charge >= 0.3 is 0 Å². The van der Waals surface area contributed by atoms with Crippen molar-refractivity contribution < 1.29 is 14.3 Å². The van der Waals surface area contributed by atoms with Crippen molar-refractivity contribution in [2.24, 2.45) is 5.92 Å². The normalized spacial score (nSPS) is 11.8. The van der Waals surface area contributed by atoms with Gasteiger partial charge in [0.15, 0.2) is 6.61 Å². The second-order valence-electron chi connectivity index (χ2n) is 7.63.